The van der Waals surface area contributed by atoms with Gasteiger partial charge in [0.25, 0.3) is 0 Å². The first-order chi connectivity index (χ1) is 10.6. The monoisotopic (exact) mass is 319 g/mol. The van der Waals surface area contributed by atoms with E-state index in [1.54, 1.807) is 0 Å². The number of carbonyl (C=O) groups excluding carboxylic acids is 1. The molecule has 2 amide bonds. The molecule has 118 valence electrons. The van der Waals surface area contributed by atoms with Gasteiger partial charge in [-0.05, 0) is 44.5 Å². The standard InChI is InChI=1S/C16H21N3O2S/c1-4-9-21-13-7-5-12(6-8-13)14-10-22-16(18-14)19-15(20)17-11(2)3/h5-8,10-11H,4,9H2,1-3H3,(H2,17,18,19,20). The summed E-state index contributed by atoms with van der Waals surface area (Å²) in [6.45, 7) is 6.62. The van der Waals surface area contributed by atoms with Crippen LogP contribution in [0.5, 0.6) is 5.75 Å². The Morgan fingerprint density at radius 1 is 1.32 bits per heavy atom. The van der Waals surface area contributed by atoms with Crippen molar-refractivity contribution in [2.45, 2.75) is 33.2 Å². The zero-order valence-electron chi connectivity index (χ0n) is 13.1. The van der Waals surface area contributed by atoms with E-state index < -0.39 is 0 Å². The molecule has 2 rings (SSSR count). The molecule has 0 radical (unpaired) electrons. The van der Waals surface area contributed by atoms with Crippen LogP contribution in [0.3, 0.4) is 0 Å². The first-order valence-electron chi connectivity index (χ1n) is 7.34. The molecule has 0 bridgehead atoms. The van der Waals surface area contributed by atoms with Crippen molar-refractivity contribution in [3.05, 3.63) is 29.6 Å². The van der Waals surface area contributed by atoms with E-state index in [1.165, 1.54) is 11.3 Å². The molecule has 6 heteroatoms. The van der Waals surface area contributed by atoms with E-state index in [-0.39, 0.29) is 12.1 Å². The molecule has 0 fully saturated rings. The second-order valence-electron chi connectivity index (χ2n) is 5.16. The summed E-state index contributed by atoms with van der Waals surface area (Å²) in [5.41, 5.74) is 1.84. The van der Waals surface area contributed by atoms with E-state index >= 15 is 0 Å². The molecule has 5 nitrogen and oxygen atoms in total. The fourth-order valence-corrected chi connectivity index (χ4v) is 2.52. The van der Waals surface area contributed by atoms with Crippen molar-refractivity contribution in [3.63, 3.8) is 0 Å². The summed E-state index contributed by atoms with van der Waals surface area (Å²) >= 11 is 1.40. The molecule has 2 N–H and O–H groups in total. The lowest BCUT2D eigenvalue weighted by molar-refractivity contribution is 0.250. The zero-order valence-corrected chi connectivity index (χ0v) is 13.9. The Labute approximate surface area is 134 Å². The summed E-state index contributed by atoms with van der Waals surface area (Å²) in [7, 11) is 0. The molecule has 0 spiro atoms. The number of benzene rings is 1. The van der Waals surface area contributed by atoms with Gasteiger partial charge in [0, 0.05) is 17.0 Å². The molecule has 22 heavy (non-hydrogen) atoms. The van der Waals surface area contributed by atoms with Crippen LogP contribution in [0.2, 0.25) is 0 Å². The van der Waals surface area contributed by atoms with Gasteiger partial charge in [0.15, 0.2) is 5.13 Å². The molecule has 0 atom stereocenters. The maximum absolute atomic E-state index is 11.6. The second-order valence-corrected chi connectivity index (χ2v) is 6.02. The predicted molar refractivity (Wildman–Crippen MR) is 90.6 cm³/mol. The quantitative estimate of drug-likeness (QED) is 0.841. The van der Waals surface area contributed by atoms with E-state index in [4.69, 9.17) is 4.74 Å². The van der Waals surface area contributed by atoms with Gasteiger partial charge in [0.2, 0.25) is 0 Å². The van der Waals surface area contributed by atoms with Crippen molar-refractivity contribution in [2.24, 2.45) is 0 Å². The fraction of sp³-hybridized carbons (Fsp3) is 0.375. The number of anilines is 1. The number of nitrogens with zero attached hydrogens (tertiary/aromatic N) is 1. The Balaban J connectivity index is 2.00. The fourth-order valence-electron chi connectivity index (χ4n) is 1.80. The minimum Gasteiger partial charge on any atom is -0.494 e. The Bertz CT molecular complexity index is 608. The minimum atomic E-state index is -0.237. The molecule has 1 heterocycles. The lowest BCUT2D eigenvalue weighted by atomic mass is 10.2. The molecule has 0 saturated carbocycles. The number of urea groups is 1. The first kappa shape index (κ1) is 16.3. The lowest BCUT2D eigenvalue weighted by Crippen LogP contribution is -2.34. The third-order valence-electron chi connectivity index (χ3n) is 2.77. The van der Waals surface area contributed by atoms with Crippen molar-refractivity contribution in [1.82, 2.24) is 10.3 Å². The predicted octanol–water partition coefficient (Wildman–Crippen LogP) is 4.13. The second kappa shape index (κ2) is 7.79. The molecule has 2 aromatic rings. The first-order valence-corrected chi connectivity index (χ1v) is 8.22. The SMILES string of the molecule is CCCOc1ccc(-c2csc(NC(=O)NC(C)C)n2)cc1. The number of hydrogen-bond acceptors (Lipinski definition) is 4. The van der Waals surface area contributed by atoms with Crippen LogP contribution in [0.25, 0.3) is 11.3 Å². The summed E-state index contributed by atoms with van der Waals surface area (Å²) in [6, 6.07) is 7.66. The van der Waals surface area contributed by atoms with Gasteiger partial charge >= 0.3 is 6.03 Å². The van der Waals surface area contributed by atoms with Crippen LogP contribution in [0.4, 0.5) is 9.93 Å². The molecule has 1 aromatic heterocycles. The van der Waals surface area contributed by atoms with Crippen molar-refractivity contribution in [2.75, 3.05) is 11.9 Å². The van der Waals surface area contributed by atoms with Crippen molar-refractivity contribution in [3.8, 4) is 17.0 Å². The number of thiazole rings is 1. The molecule has 0 aliphatic heterocycles. The van der Waals surface area contributed by atoms with Crippen molar-refractivity contribution in [1.29, 1.82) is 0 Å². The molecule has 0 saturated heterocycles. The minimum absolute atomic E-state index is 0.0927. The van der Waals surface area contributed by atoms with E-state index in [1.807, 2.05) is 43.5 Å². The number of hydrogen-bond donors (Lipinski definition) is 2. The molecule has 0 aliphatic rings. The van der Waals surface area contributed by atoms with Crippen LogP contribution in [0.1, 0.15) is 27.2 Å². The number of amides is 2. The summed E-state index contributed by atoms with van der Waals surface area (Å²) in [6.07, 6.45) is 0.987. The van der Waals surface area contributed by atoms with E-state index in [9.17, 15) is 4.79 Å². The topological polar surface area (TPSA) is 63.2 Å². The number of ether oxygens (including phenoxy) is 1. The van der Waals surface area contributed by atoms with Crippen molar-refractivity contribution >= 4 is 22.5 Å². The van der Waals surface area contributed by atoms with Crippen LogP contribution >= 0.6 is 11.3 Å². The van der Waals surface area contributed by atoms with Crippen LogP contribution in [0.15, 0.2) is 29.6 Å². The van der Waals surface area contributed by atoms with E-state index in [0.29, 0.717) is 5.13 Å². The maximum Gasteiger partial charge on any atom is 0.321 e. The highest BCUT2D eigenvalue weighted by Crippen LogP contribution is 2.26. The van der Waals surface area contributed by atoms with Gasteiger partial charge in [-0.25, -0.2) is 9.78 Å². The van der Waals surface area contributed by atoms with Crippen LogP contribution in [-0.2, 0) is 0 Å². The molecule has 0 aliphatic carbocycles. The van der Waals surface area contributed by atoms with Gasteiger partial charge in [0.05, 0.1) is 12.3 Å². The lowest BCUT2D eigenvalue weighted by Gasteiger charge is -2.07. The van der Waals surface area contributed by atoms with Gasteiger partial charge in [-0.3, -0.25) is 5.32 Å². The molecular formula is C16H21N3O2S. The average Bonchev–Trinajstić information content (AvgIpc) is 2.93. The summed E-state index contributed by atoms with van der Waals surface area (Å²) in [5.74, 6) is 0.857. The summed E-state index contributed by atoms with van der Waals surface area (Å²) in [4.78, 5) is 16.1. The molecular weight excluding hydrogens is 298 g/mol. The molecule has 1 aromatic carbocycles. The number of aromatic nitrogens is 1. The highest BCUT2D eigenvalue weighted by atomic mass is 32.1. The number of nitrogens with one attached hydrogen (secondary N) is 2. The third kappa shape index (κ3) is 4.73. The Morgan fingerprint density at radius 3 is 2.68 bits per heavy atom. The van der Waals surface area contributed by atoms with Crippen molar-refractivity contribution < 1.29 is 9.53 Å². The Kier molecular flexibility index (Phi) is 5.77. The van der Waals surface area contributed by atoms with Gasteiger partial charge in [0.1, 0.15) is 5.75 Å². The number of carbonyl (C=O) groups is 1. The van der Waals surface area contributed by atoms with E-state index in [2.05, 4.69) is 22.5 Å². The van der Waals surface area contributed by atoms with Gasteiger partial charge < -0.3 is 10.1 Å². The summed E-state index contributed by atoms with van der Waals surface area (Å²) < 4.78 is 5.56. The Morgan fingerprint density at radius 2 is 2.05 bits per heavy atom. The highest BCUT2D eigenvalue weighted by Gasteiger charge is 2.08. The van der Waals surface area contributed by atoms with E-state index in [0.717, 1.165) is 30.0 Å². The Hall–Kier alpha value is -2.08. The highest BCUT2D eigenvalue weighted by molar-refractivity contribution is 7.14. The smallest absolute Gasteiger partial charge is 0.321 e. The maximum atomic E-state index is 11.6. The largest absolute Gasteiger partial charge is 0.494 e. The average molecular weight is 319 g/mol. The third-order valence-corrected chi connectivity index (χ3v) is 3.53. The number of rotatable bonds is 6. The van der Waals surface area contributed by atoms with Crippen LogP contribution in [0, 0.1) is 0 Å². The van der Waals surface area contributed by atoms with Crippen LogP contribution < -0.4 is 15.4 Å². The zero-order chi connectivity index (χ0) is 15.9. The van der Waals surface area contributed by atoms with Gasteiger partial charge in [-0.1, -0.05) is 6.92 Å². The summed E-state index contributed by atoms with van der Waals surface area (Å²) in [5, 5.41) is 8.01. The van der Waals surface area contributed by atoms with Crippen LogP contribution in [-0.4, -0.2) is 23.7 Å². The normalized spacial score (nSPS) is 10.5. The molecule has 0 unspecified atom stereocenters. The van der Waals surface area contributed by atoms with Gasteiger partial charge in [-0.2, -0.15) is 0 Å². The van der Waals surface area contributed by atoms with Gasteiger partial charge in [-0.15, -0.1) is 11.3 Å².